The minimum atomic E-state index is -3.88. The molecule has 1 aromatic carbocycles. The van der Waals surface area contributed by atoms with E-state index in [-0.39, 0.29) is 13.2 Å². The third kappa shape index (κ3) is 3.95. The number of H-pyrrole nitrogens is 1. The molecule has 0 aliphatic carbocycles. The number of benzene rings is 1. The maximum Gasteiger partial charge on any atom is 0.530 e. The highest BCUT2D eigenvalue weighted by molar-refractivity contribution is 7.49. The Labute approximate surface area is 170 Å². The van der Waals surface area contributed by atoms with Crippen LogP contribution in [0, 0.1) is 13.8 Å². The van der Waals surface area contributed by atoms with E-state index in [1.807, 2.05) is 0 Å². The number of hydrogen-bond donors (Lipinski definition) is 1. The van der Waals surface area contributed by atoms with E-state index in [0.29, 0.717) is 34.3 Å². The van der Waals surface area contributed by atoms with Crippen molar-refractivity contribution in [1.82, 2.24) is 9.55 Å². The van der Waals surface area contributed by atoms with Gasteiger partial charge in [0.05, 0.1) is 13.2 Å². The van der Waals surface area contributed by atoms with Gasteiger partial charge in [0.2, 0.25) is 0 Å². The number of nitrogens with zero attached hydrogens (tertiary/aromatic N) is 1. The first kappa shape index (κ1) is 20.5. The number of carbonyl (C=O) groups is 1. The van der Waals surface area contributed by atoms with Crippen LogP contribution in [0.3, 0.4) is 0 Å². The van der Waals surface area contributed by atoms with E-state index in [4.69, 9.17) is 18.3 Å². The molecule has 1 aromatic heterocycles. The molecule has 0 radical (unpaired) electrons. The molecule has 2 aliphatic heterocycles. The molecule has 3 heterocycles. The fourth-order valence-corrected chi connectivity index (χ4v) is 4.51. The molecule has 0 amide bonds. The molecule has 1 unspecified atom stereocenters. The summed E-state index contributed by atoms with van der Waals surface area (Å²) in [6, 6.07) is 3.23. The minimum absolute atomic E-state index is 0.0227. The zero-order chi connectivity index (χ0) is 21.5. The van der Waals surface area contributed by atoms with Crippen LogP contribution in [0.1, 0.15) is 33.3 Å². The van der Waals surface area contributed by atoms with Crippen molar-refractivity contribution in [3.63, 3.8) is 0 Å². The number of hydrogen-bond acceptors (Lipinski definition) is 8. The second-order valence-corrected chi connectivity index (χ2v) is 8.57. The van der Waals surface area contributed by atoms with Gasteiger partial charge in [0, 0.05) is 22.9 Å². The van der Waals surface area contributed by atoms with Crippen LogP contribution in [0.5, 0.6) is 5.75 Å². The number of carbonyl (C=O) groups excluding carboxylic acids is 1. The second kappa shape index (κ2) is 7.81. The summed E-state index contributed by atoms with van der Waals surface area (Å²) < 4.78 is 36.0. The van der Waals surface area contributed by atoms with Crippen molar-refractivity contribution in [3.05, 3.63) is 73.6 Å². The lowest BCUT2D eigenvalue weighted by molar-refractivity contribution is -0.0130. The number of rotatable bonds is 5. The number of aryl methyl sites for hydroxylation is 2. The minimum Gasteiger partial charge on any atom is -0.403 e. The van der Waals surface area contributed by atoms with Gasteiger partial charge in [0.15, 0.2) is 6.23 Å². The number of phosphoric ester groups is 1. The van der Waals surface area contributed by atoms with Gasteiger partial charge in [-0.15, -0.1) is 0 Å². The molecule has 158 valence electrons. The summed E-state index contributed by atoms with van der Waals surface area (Å²) in [6.07, 6.45) is 4.07. The lowest BCUT2D eigenvalue weighted by Gasteiger charge is -2.27. The molecule has 2 aromatic rings. The van der Waals surface area contributed by atoms with Crippen molar-refractivity contribution in [3.8, 4) is 5.75 Å². The van der Waals surface area contributed by atoms with E-state index >= 15 is 0 Å². The Bertz CT molecular complexity index is 1200. The van der Waals surface area contributed by atoms with Gasteiger partial charge < -0.3 is 9.26 Å². The number of ether oxygens (including phenoxy) is 1. The van der Waals surface area contributed by atoms with Crippen LogP contribution in [-0.2, 0) is 25.0 Å². The van der Waals surface area contributed by atoms with E-state index < -0.39 is 31.4 Å². The van der Waals surface area contributed by atoms with Gasteiger partial charge in [-0.3, -0.25) is 28.2 Å². The Balaban J connectivity index is 1.41. The summed E-state index contributed by atoms with van der Waals surface area (Å²) in [7, 11) is -3.88. The third-order valence-electron chi connectivity index (χ3n) is 4.71. The molecule has 0 fully saturated rings. The summed E-state index contributed by atoms with van der Waals surface area (Å²) >= 11 is 0. The van der Waals surface area contributed by atoms with E-state index in [0.717, 1.165) is 0 Å². The maximum atomic E-state index is 12.8. The molecule has 0 saturated heterocycles. The van der Waals surface area contributed by atoms with E-state index in [9.17, 15) is 18.9 Å². The molecular formula is C19H19N2O8P. The van der Waals surface area contributed by atoms with Crippen molar-refractivity contribution in [2.75, 3.05) is 6.61 Å². The molecule has 4 rings (SSSR count). The smallest absolute Gasteiger partial charge is 0.403 e. The zero-order valence-corrected chi connectivity index (χ0v) is 17.1. The third-order valence-corrected chi connectivity index (χ3v) is 6.03. The van der Waals surface area contributed by atoms with Gasteiger partial charge >= 0.3 is 13.5 Å². The highest BCUT2D eigenvalue weighted by atomic mass is 31.2. The average molecular weight is 434 g/mol. The standard InChI is InChI=1S/C19H19N2O8P/c1-11-5-13(8-22)6-14-9-26-30(25,29-17(11)14)27-10-15-3-4-16(28-15)21-7-12(2)18(23)20-19(21)24/h3-8,15-16H,9-10H2,1-2H3,(H,20,23,24)/t15-,16+,30?/m0/s1. The first-order valence-corrected chi connectivity index (χ1v) is 10.6. The topological polar surface area (TPSA) is 126 Å². The number of aromatic amines is 1. The van der Waals surface area contributed by atoms with E-state index in [1.165, 1.54) is 10.8 Å². The van der Waals surface area contributed by atoms with Crippen LogP contribution in [0.4, 0.5) is 0 Å². The summed E-state index contributed by atoms with van der Waals surface area (Å²) in [6.45, 7) is 3.15. The van der Waals surface area contributed by atoms with Gasteiger partial charge in [-0.05, 0) is 37.6 Å². The lowest BCUT2D eigenvalue weighted by atomic mass is 10.1. The molecular weight excluding hydrogens is 415 g/mol. The van der Waals surface area contributed by atoms with Crippen molar-refractivity contribution in [2.24, 2.45) is 0 Å². The predicted molar refractivity (Wildman–Crippen MR) is 105 cm³/mol. The quantitative estimate of drug-likeness (QED) is 0.431. The molecule has 3 atom stereocenters. The van der Waals surface area contributed by atoms with Crippen molar-refractivity contribution >= 4 is 14.1 Å². The number of fused-ring (bicyclic) bond motifs is 1. The lowest BCUT2D eigenvalue weighted by Crippen LogP contribution is -2.33. The van der Waals surface area contributed by atoms with Crippen molar-refractivity contribution in [2.45, 2.75) is 32.8 Å². The summed E-state index contributed by atoms with van der Waals surface area (Å²) in [5.41, 5.74) is 1.03. The Kier molecular flexibility index (Phi) is 5.33. The number of phosphoric acid groups is 1. The normalized spacial score (nSPS) is 25.0. The van der Waals surface area contributed by atoms with Gasteiger partial charge in [0.1, 0.15) is 18.1 Å². The van der Waals surface area contributed by atoms with Gasteiger partial charge in [-0.25, -0.2) is 9.36 Å². The zero-order valence-electron chi connectivity index (χ0n) is 16.2. The molecule has 0 saturated carbocycles. The summed E-state index contributed by atoms with van der Waals surface area (Å²) in [5.74, 6) is 0.367. The van der Waals surface area contributed by atoms with Crippen LogP contribution in [0.15, 0.2) is 40.1 Å². The highest BCUT2D eigenvalue weighted by Gasteiger charge is 2.36. The van der Waals surface area contributed by atoms with Crippen LogP contribution >= 0.6 is 7.82 Å². The maximum absolute atomic E-state index is 12.8. The van der Waals surface area contributed by atoms with Crippen molar-refractivity contribution < 1.29 is 27.7 Å². The SMILES string of the molecule is Cc1cc(C=O)cc2c1OP(=O)(OC[C@@H]1C=C[C@H](n3cc(C)c(=O)[nH]c3=O)O1)OC2. The Morgan fingerprint density at radius 2 is 2.07 bits per heavy atom. The molecule has 10 nitrogen and oxygen atoms in total. The summed E-state index contributed by atoms with van der Waals surface area (Å²) in [4.78, 5) is 36.7. The van der Waals surface area contributed by atoms with Crippen LogP contribution < -0.4 is 15.8 Å². The Morgan fingerprint density at radius 3 is 2.83 bits per heavy atom. The molecule has 2 aliphatic rings. The molecule has 0 bridgehead atoms. The molecule has 11 heteroatoms. The molecule has 0 spiro atoms. The Morgan fingerprint density at radius 1 is 1.27 bits per heavy atom. The first-order valence-electron chi connectivity index (χ1n) is 9.11. The summed E-state index contributed by atoms with van der Waals surface area (Å²) in [5, 5.41) is 0. The number of aromatic nitrogens is 2. The van der Waals surface area contributed by atoms with E-state index in [2.05, 4.69) is 4.98 Å². The van der Waals surface area contributed by atoms with Gasteiger partial charge in [0.25, 0.3) is 5.56 Å². The second-order valence-electron chi connectivity index (χ2n) is 6.98. The van der Waals surface area contributed by atoms with Crippen LogP contribution in [0.25, 0.3) is 0 Å². The highest BCUT2D eigenvalue weighted by Crippen LogP contribution is 2.55. The first-order chi connectivity index (χ1) is 14.3. The number of aldehydes is 1. The van der Waals surface area contributed by atoms with Gasteiger partial charge in [-0.1, -0.05) is 6.08 Å². The monoisotopic (exact) mass is 434 g/mol. The average Bonchev–Trinajstić information content (AvgIpc) is 3.18. The van der Waals surface area contributed by atoms with Gasteiger partial charge in [-0.2, -0.15) is 0 Å². The van der Waals surface area contributed by atoms with E-state index in [1.54, 1.807) is 38.1 Å². The van der Waals surface area contributed by atoms with Crippen LogP contribution in [-0.4, -0.2) is 28.5 Å². The molecule has 30 heavy (non-hydrogen) atoms. The van der Waals surface area contributed by atoms with Crippen molar-refractivity contribution in [1.29, 1.82) is 0 Å². The predicted octanol–water partition coefficient (Wildman–Crippen LogP) is 2.15. The largest absolute Gasteiger partial charge is 0.530 e. The fraction of sp³-hybridized carbons (Fsp3) is 0.316. The molecule has 1 N–H and O–H groups in total. The van der Waals surface area contributed by atoms with Crippen LogP contribution in [0.2, 0.25) is 0 Å². The fourth-order valence-electron chi connectivity index (χ4n) is 3.22. The number of nitrogens with one attached hydrogen (secondary N) is 1. The Hall–Kier alpha value is -2.78.